The van der Waals surface area contributed by atoms with Crippen LogP contribution >= 0.6 is 0 Å². The summed E-state index contributed by atoms with van der Waals surface area (Å²) in [6.45, 7) is 8.72. The van der Waals surface area contributed by atoms with Crippen LogP contribution in [0, 0.1) is 0 Å². The zero-order valence-electron chi connectivity index (χ0n) is 10.4. The van der Waals surface area contributed by atoms with E-state index in [1.54, 1.807) is 18.9 Å². The molecule has 0 aliphatic heterocycles. The Morgan fingerprint density at radius 1 is 1.33 bits per heavy atom. The number of rotatable bonds is 7. The monoisotopic (exact) mass is 216 g/mol. The Balaban J connectivity index is 3.87. The number of amides is 1. The molecule has 0 aromatic carbocycles. The molecule has 0 saturated carbocycles. The van der Waals surface area contributed by atoms with E-state index in [1.165, 1.54) is 0 Å². The zero-order chi connectivity index (χ0) is 11.8. The van der Waals surface area contributed by atoms with Gasteiger partial charge in [-0.05, 0) is 26.4 Å². The molecule has 0 saturated heterocycles. The maximum absolute atomic E-state index is 11.7. The number of carbonyl (C=O) groups excluding carboxylic acids is 1. The fourth-order valence-electron chi connectivity index (χ4n) is 1.26. The molecule has 0 rings (SSSR count). The lowest BCUT2D eigenvalue weighted by Crippen LogP contribution is -2.39. The smallest absolute Gasteiger partial charge is 0.236 e. The quantitative estimate of drug-likeness (QED) is 0.676. The van der Waals surface area contributed by atoms with Crippen molar-refractivity contribution in [1.82, 2.24) is 9.80 Å². The Hall–Kier alpha value is -0.610. The first kappa shape index (κ1) is 14.4. The van der Waals surface area contributed by atoms with Gasteiger partial charge in [0.1, 0.15) is 0 Å². The molecule has 1 N–H and O–H groups in total. The molecule has 0 spiro atoms. The molecule has 0 radical (unpaired) electrons. The third-order valence-electron chi connectivity index (χ3n) is 2.56. The summed E-state index contributed by atoms with van der Waals surface area (Å²) in [6, 6.07) is 0. The number of likely N-dealkylation sites (N-methyl/N-ethyl adjacent to an activating group) is 2. The Bertz CT molecular complexity index is 179. The van der Waals surface area contributed by atoms with Crippen molar-refractivity contribution in [2.75, 3.05) is 33.2 Å². The summed E-state index contributed by atoms with van der Waals surface area (Å²) in [4.78, 5) is 15.5. The van der Waals surface area contributed by atoms with Gasteiger partial charge in [-0.3, -0.25) is 9.69 Å². The first-order valence-electron chi connectivity index (χ1n) is 5.65. The second-order valence-electron chi connectivity index (χ2n) is 3.91. The second kappa shape index (κ2) is 7.65. The van der Waals surface area contributed by atoms with Gasteiger partial charge in [0, 0.05) is 13.6 Å². The molecule has 0 aromatic rings. The van der Waals surface area contributed by atoms with E-state index in [1.807, 2.05) is 13.8 Å². The van der Waals surface area contributed by atoms with Crippen molar-refractivity contribution >= 4 is 5.91 Å². The van der Waals surface area contributed by atoms with Gasteiger partial charge in [0.05, 0.1) is 12.6 Å². The average Bonchev–Trinajstić information content (AvgIpc) is 2.21. The predicted octanol–water partition coefficient (Wildman–Crippen LogP) is 0.557. The molecule has 1 unspecified atom stereocenters. The summed E-state index contributed by atoms with van der Waals surface area (Å²) < 4.78 is 0. The lowest BCUT2D eigenvalue weighted by atomic mass is 10.3. The Kier molecular flexibility index (Phi) is 7.34. The topological polar surface area (TPSA) is 43.8 Å². The van der Waals surface area contributed by atoms with E-state index in [-0.39, 0.29) is 12.0 Å². The number of hydrogen-bond donors (Lipinski definition) is 1. The van der Waals surface area contributed by atoms with E-state index in [0.29, 0.717) is 19.5 Å². The van der Waals surface area contributed by atoms with E-state index >= 15 is 0 Å². The SMILES string of the molecule is CCN(CC)CC(=O)N(C)CCC(C)O. The number of aliphatic hydroxyl groups is 1. The van der Waals surface area contributed by atoms with Crippen LogP contribution in [0.2, 0.25) is 0 Å². The van der Waals surface area contributed by atoms with Crippen LogP contribution in [0.4, 0.5) is 0 Å². The van der Waals surface area contributed by atoms with Crippen LogP contribution in [-0.2, 0) is 4.79 Å². The summed E-state index contributed by atoms with van der Waals surface area (Å²) in [5, 5.41) is 9.11. The highest BCUT2D eigenvalue weighted by Gasteiger charge is 2.12. The van der Waals surface area contributed by atoms with Crippen molar-refractivity contribution in [3.8, 4) is 0 Å². The van der Waals surface area contributed by atoms with Gasteiger partial charge >= 0.3 is 0 Å². The van der Waals surface area contributed by atoms with Crippen LogP contribution < -0.4 is 0 Å². The molecule has 15 heavy (non-hydrogen) atoms. The second-order valence-corrected chi connectivity index (χ2v) is 3.91. The fraction of sp³-hybridized carbons (Fsp3) is 0.909. The highest BCUT2D eigenvalue weighted by molar-refractivity contribution is 5.77. The summed E-state index contributed by atoms with van der Waals surface area (Å²) in [7, 11) is 1.79. The van der Waals surface area contributed by atoms with Crippen molar-refractivity contribution in [2.24, 2.45) is 0 Å². The van der Waals surface area contributed by atoms with Crippen LogP contribution in [0.5, 0.6) is 0 Å². The van der Waals surface area contributed by atoms with Crippen molar-refractivity contribution in [2.45, 2.75) is 33.3 Å². The van der Waals surface area contributed by atoms with Gasteiger partial charge in [0.25, 0.3) is 0 Å². The van der Waals surface area contributed by atoms with Crippen LogP contribution in [-0.4, -0.2) is 60.1 Å². The molecule has 0 bridgehead atoms. The van der Waals surface area contributed by atoms with Crippen LogP contribution in [0.3, 0.4) is 0 Å². The van der Waals surface area contributed by atoms with Crippen molar-refractivity contribution in [1.29, 1.82) is 0 Å². The van der Waals surface area contributed by atoms with Crippen molar-refractivity contribution in [3.63, 3.8) is 0 Å². The Morgan fingerprint density at radius 2 is 1.87 bits per heavy atom. The van der Waals surface area contributed by atoms with E-state index < -0.39 is 0 Å². The van der Waals surface area contributed by atoms with Crippen molar-refractivity contribution < 1.29 is 9.90 Å². The normalized spacial score (nSPS) is 12.9. The molecule has 90 valence electrons. The first-order valence-corrected chi connectivity index (χ1v) is 5.65. The summed E-state index contributed by atoms with van der Waals surface area (Å²) in [5.41, 5.74) is 0. The molecule has 1 atom stereocenters. The lowest BCUT2D eigenvalue weighted by Gasteiger charge is -2.23. The number of hydrogen-bond acceptors (Lipinski definition) is 3. The van der Waals surface area contributed by atoms with E-state index in [0.717, 1.165) is 13.1 Å². The molecule has 4 nitrogen and oxygen atoms in total. The molecule has 0 aliphatic rings. The molecule has 0 aromatic heterocycles. The van der Waals surface area contributed by atoms with Gasteiger partial charge in [-0.25, -0.2) is 0 Å². The Morgan fingerprint density at radius 3 is 2.27 bits per heavy atom. The highest BCUT2D eigenvalue weighted by Crippen LogP contribution is 1.96. The molecular weight excluding hydrogens is 192 g/mol. The first-order chi connectivity index (χ1) is 7.01. The molecular formula is C11H24N2O2. The summed E-state index contributed by atoms with van der Waals surface area (Å²) in [5.74, 6) is 0.124. The predicted molar refractivity (Wildman–Crippen MR) is 61.7 cm³/mol. The van der Waals surface area contributed by atoms with Gasteiger partial charge in [0.15, 0.2) is 0 Å². The highest BCUT2D eigenvalue weighted by atomic mass is 16.3. The number of aliphatic hydroxyl groups excluding tert-OH is 1. The minimum Gasteiger partial charge on any atom is -0.393 e. The largest absolute Gasteiger partial charge is 0.393 e. The van der Waals surface area contributed by atoms with Gasteiger partial charge < -0.3 is 10.0 Å². The van der Waals surface area contributed by atoms with Crippen LogP contribution in [0.15, 0.2) is 0 Å². The fourth-order valence-corrected chi connectivity index (χ4v) is 1.26. The minimum atomic E-state index is -0.339. The van der Waals surface area contributed by atoms with E-state index in [9.17, 15) is 4.79 Å². The van der Waals surface area contributed by atoms with Crippen LogP contribution in [0.25, 0.3) is 0 Å². The third-order valence-corrected chi connectivity index (χ3v) is 2.56. The summed E-state index contributed by atoms with van der Waals surface area (Å²) >= 11 is 0. The van der Waals surface area contributed by atoms with Gasteiger partial charge in [0.2, 0.25) is 5.91 Å². The maximum atomic E-state index is 11.7. The average molecular weight is 216 g/mol. The molecule has 0 heterocycles. The molecule has 4 heteroatoms. The molecule has 0 aliphatic carbocycles. The Labute approximate surface area is 92.9 Å². The van der Waals surface area contributed by atoms with Gasteiger partial charge in [-0.2, -0.15) is 0 Å². The van der Waals surface area contributed by atoms with Crippen LogP contribution in [0.1, 0.15) is 27.2 Å². The zero-order valence-corrected chi connectivity index (χ0v) is 10.4. The standard InChI is InChI=1S/C11H24N2O2/c1-5-13(6-2)9-11(15)12(4)8-7-10(3)14/h10,14H,5-9H2,1-4H3. The van der Waals surface area contributed by atoms with E-state index in [4.69, 9.17) is 5.11 Å². The minimum absolute atomic E-state index is 0.124. The summed E-state index contributed by atoms with van der Waals surface area (Å²) in [6.07, 6.45) is 0.300. The van der Waals surface area contributed by atoms with Gasteiger partial charge in [-0.15, -0.1) is 0 Å². The third kappa shape index (κ3) is 6.47. The number of nitrogens with zero attached hydrogens (tertiary/aromatic N) is 2. The van der Waals surface area contributed by atoms with E-state index in [2.05, 4.69) is 4.90 Å². The maximum Gasteiger partial charge on any atom is 0.236 e. The lowest BCUT2D eigenvalue weighted by molar-refractivity contribution is -0.131. The molecule has 0 fully saturated rings. The molecule has 1 amide bonds. The van der Waals surface area contributed by atoms with Crippen molar-refractivity contribution in [3.05, 3.63) is 0 Å². The number of carbonyl (C=O) groups is 1. The van der Waals surface area contributed by atoms with Gasteiger partial charge in [-0.1, -0.05) is 13.8 Å².